The first kappa shape index (κ1) is 14.8. The topological polar surface area (TPSA) is 93.2 Å². The van der Waals surface area contributed by atoms with E-state index in [9.17, 15) is 15.2 Å². The van der Waals surface area contributed by atoms with Gasteiger partial charge in [0.2, 0.25) is 5.82 Å². The third-order valence-electron chi connectivity index (χ3n) is 3.95. The largest absolute Gasteiger partial charge is 0.388 e. The molecule has 0 radical (unpaired) electrons. The van der Waals surface area contributed by atoms with Crippen LogP contribution in [0.2, 0.25) is 0 Å². The Labute approximate surface area is 118 Å². The standard InChI is InChI=1S/C13H22N4O3/c1-3-16-12(11(17(19)20)10(2)15-16)14-9-13(18)7-5-4-6-8-13/h14,18H,3-9H2,1-2H3. The number of aryl methyl sites for hydroxylation is 2. The molecule has 0 aliphatic heterocycles. The van der Waals surface area contributed by atoms with Gasteiger partial charge in [-0.3, -0.25) is 10.1 Å². The first-order valence-corrected chi connectivity index (χ1v) is 7.15. The Balaban J connectivity index is 2.17. The molecule has 0 amide bonds. The summed E-state index contributed by atoms with van der Waals surface area (Å²) in [6.45, 7) is 4.40. The van der Waals surface area contributed by atoms with Crippen molar-refractivity contribution in [2.45, 2.75) is 58.1 Å². The van der Waals surface area contributed by atoms with Crippen LogP contribution in [0.5, 0.6) is 0 Å². The van der Waals surface area contributed by atoms with E-state index in [0.29, 0.717) is 24.6 Å². The summed E-state index contributed by atoms with van der Waals surface area (Å²) in [4.78, 5) is 10.7. The van der Waals surface area contributed by atoms with E-state index in [1.807, 2.05) is 6.92 Å². The SMILES string of the molecule is CCn1nc(C)c([N+](=O)[O-])c1NCC1(O)CCCCC1. The predicted octanol–water partition coefficient (Wildman–Crippen LogP) is 2.23. The molecule has 0 atom stereocenters. The summed E-state index contributed by atoms with van der Waals surface area (Å²) in [5, 5.41) is 28.8. The first-order valence-electron chi connectivity index (χ1n) is 7.15. The van der Waals surface area contributed by atoms with Crippen LogP contribution < -0.4 is 5.32 Å². The van der Waals surface area contributed by atoms with Crippen LogP contribution >= 0.6 is 0 Å². The van der Waals surface area contributed by atoms with Gasteiger partial charge in [0.1, 0.15) is 5.69 Å². The van der Waals surface area contributed by atoms with Gasteiger partial charge in [0.15, 0.2) is 0 Å². The van der Waals surface area contributed by atoms with Crippen LogP contribution in [0, 0.1) is 17.0 Å². The van der Waals surface area contributed by atoms with E-state index >= 15 is 0 Å². The van der Waals surface area contributed by atoms with Crippen molar-refractivity contribution in [3.63, 3.8) is 0 Å². The molecule has 1 aromatic rings. The van der Waals surface area contributed by atoms with Gasteiger partial charge in [-0.1, -0.05) is 19.3 Å². The number of nitrogens with zero attached hydrogens (tertiary/aromatic N) is 3. The Morgan fingerprint density at radius 2 is 2.10 bits per heavy atom. The molecule has 1 aromatic heterocycles. The van der Waals surface area contributed by atoms with E-state index in [4.69, 9.17) is 0 Å². The fraction of sp³-hybridized carbons (Fsp3) is 0.769. The Hall–Kier alpha value is -1.63. The van der Waals surface area contributed by atoms with E-state index in [0.717, 1.165) is 32.1 Å². The van der Waals surface area contributed by atoms with Gasteiger partial charge in [0.25, 0.3) is 0 Å². The second-order valence-electron chi connectivity index (χ2n) is 5.49. The molecule has 2 N–H and O–H groups in total. The molecular weight excluding hydrogens is 260 g/mol. The molecule has 1 saturated carbocycles. The maximum Gasteiger partial charge on any atom is 0.333 e. The fourth-order valence-electron chi connectivity index (χ4n) is 2.83. The molecule has 7 nitrogen and oxygen atoms in total. The average Bonchev–Trinajstić information content (AvgIpc) is 2.73. The van der Waals surface area contributed by atoms with Crippen LogP contribution in [0.3, 0.4) is 0 Å². The third kappa shape index (κ3) is 2.92. The van der Waals surface area contributed by atoms with Crippen molar-refractivity contribution in [1.29, 1.82) is 0 Å². The summed E-state index contributed by atoms with van der Waals surface area (Å²) in [7, 11) is 0. The molecule has 7 heteroatoms. The molecule has 1 heterocycles. The normalized spacial score (nSPS) is 17.9. The highest BCUT2D eigenvalue weighted by Crippen LogP contribution is 2.31. The lowest BCUT2D eigenvalue weighted by molar-refractivity contribution is -0.384. The van der Waals surface area contributed by atoms with E-state index < -0.39 is 10.5 Å². The Kier molecular flexibility index (Phi) is 4.27. The van der Waals surface area contributed by atoms with Gasteiger partial charge in [0.05, 0.1) is 10.5 Å². The molecule has 0 saturated heterocycles. The summed E-state index contributed by atoms with van der Waals surface area (Å²) in [5.74, 6) is 0.397. The zero-order valence-corrected chi connectivity index (χ0v) is 12.1. The van der Waals surface area contributed by atoms with E-state index in [-0.39, 0.29) is 5.69 Å². The van der Waals surface area contributed by atoms with Crippen LogP contribution in [-0.2, 0) is 6.54 Å². The summed E-state index contributed by atoms with van der Waals surface area (Å²) in [6, 6.07) is 0. The smallest absolute Gasteiger partial charge is 0.333 e. The Morgan fingerprint density at radius 3 is 2.65 bits per heavy atom. The molecule has 20 heavy (non-hydrogen) atoms. The molecule has 1 fully saturated rings. The van der Waals surface area contributed by atoms with Crippen LogP contribution in [0.4, 0.5) is 11.5 Å². The van der Waals surface area contributed by atoms with Crippen molar-refractivity contribution in [1.82, 2.24) is 9.78 Å². The van der Waals surface area contributed by atoms with Crippen LogP contribution in [0.1, 0.15) is 44.7 Å². The number of hydrogen-bond donors (Lipinski definition) is 2. The molecule has 1 aliphatic carbocycles. The van der Waals surface area contributed by atoms with Crippen LogP contribution in [0.25, 0.3) is 0 Å². The molecule has 0 bridgehead atoms. The Bertz CT molecular complexity index is 492. The molecular formula is C13H22N4O3. The lowest BCUT2D eigenvalue weighted by Gasteiger charge is -2.32. The fourth-order valence-corrected chi connectivity index (χ4v) is 2.83. The van der Waals surface area contributed by atoms with Gasteiger partial charge in [0, 0.05) is 13.1 Å². The van der Waals surface area contributed by atoms with Gasteiger partial charge >= 0.3 is 5.69 Å². The van der Waals surface area contributed by atoms with E-state index in [1.54, 1.807) is 11.6 Å². The van der Waals surface area contributed by atoms with Crippen molar-refractivity contribution in [3.8, 4) is 0 Å². The van der Waals surface area contributed by atoms with Gasteiger partial charge < -0.3 is 10.4 Å². The quantitative estimate of drug-likeness (QED) is 0.638. The van der Waals surface area contributed by atoms with E-state index in [2.05, 4.69) is 10.4 Å². The van der Waals surface area contributed by atoms with Crippen molar-refractivity contribution in [2.24, 2.45) is 0 Å². The third-order valence-corrected chi connectivity index (χ3v) is 3.95. The van der Waals surface area contributed by atoms with Gasteiger partial charge in [-0.15, -0.1) is 0 Å². The zero-order chi connectivity index (χ0) is 14.8. The number of rotatable bonds is 5. The highest BCUT2D eigenvalue weighted by molar-refractivity contribution is 5.59. The second kappa shape index (κ2) is 5.78. The predicted molar refractivity (Wildman–Crippen MR) is 75.8 cm³/mol. The van der Waals surface area contributed by atoms with Crippen molar-refractivity contribution in [2.75, 3.05) is 11.9 Å². The molecule has 0 unspecified atom stereocenters. The second-order valence-corrected chi connectivity index (χ2v) is 5.49. The Morgan fingerprint density at radius 1 is 1.45 bits per heavy atom. The molecule has 0 aromatic carbocycles. The summed E-state index contributed by atoms with van der Waals surface area (Å²) in [6.07, 6.45) is 4.65. The highest BCUT2D eigenvalue weighted by atomic mass is 16.6. The minimum Gasteiger partial charge on any atom is -0.388 e. The van der Waals surface area contributed by atoms with Gasteiger partial charge in [-0.2, -0.15) is 5.10 Å². The number of nitrogens with one attached hydrogen (secondary N) is 1. The summed E-state index contributed by atoms with van der Waals surface area (Å²) < 4.78 is 1.58. The summed E-state index contributed by atoms with van der Waals surface area (Å²) in [5.41, 5.74) is -0.357. The molecule has 1 aliphatic rings. The van der Waals surface area contributed by atoms with Crippen molar-refractivity contribution >= 4 is 11.5 Å². The molecule has 2 rings (SSSR count). The van der Waals surface area contributed by atoms with Gasteiger partial charge in [-0.25, -0.2) is 4.68 Å². The van der Waals surface area contributed by atoms with E-state index in [1.165, 1.54) is 0 Å². The van der Waals surface area contributed by atoms with Crippen LogP contribution in [0.15, 0.2) is 0 Å². The zero-order valence-electron chi connectivity index (χ0n) is 12.1. The highest BCUT2D eigenvalue weighted by Gasteiger charge is 2.31. The lowest BCUT2D eigenvalue weighted by atomic mass is 9.85. The van der Waals surface area contributed by atoms with Crippen LogP contribution in [-0.4, -0.2) is 32.0 Å². The van der Waals surface area contributed by atoms with Crippen molar-refractivity contribution in [3.05, 3.63) is 15.8 Å². The number of aliphatic hydroxyl groups is 1. The lowest BCUT2D eigenvalue weighted by Crippen LogP contribution is -2.39. The average molecular weight is 282 g/mol. The first-order chi connectivity index (χ1) is 9.47. The minimum absolute atomic E-state index is 0.00580. The summed E-state index contributed by atoms with van der Waals surface area (Å²) >= 11 is 0. The molecule has 112 valence electrons. The number of anilines is 1. The molecule has 0 spiro atoms. The monoisotopic (exact) mass is 282 g/mol. The maximum atomic E-state index is 11.2. The number of hydrogen-bond acceptors (Lipinski definition) is 5. The maximum absolute atomic E-state index is 11.2. The number of nitro groups is 1. The minimum atomic E-state index is -0.761. The number of aromatic nitrogens is 2. The van der Waals surface area contributed by atoms with Crippen molar-refractivity contribution < 1.29 is 10.0 Å². The van der Waals surface area contributed by atoms with Gasteiger partial charge in [-0.05, 0) is 26.7 Å².